The minimum Gasteiger partial charge on any atom is -0.477 e. The maximum atomic E-state index is 11.9. The number of amides is 1. The second-order valence-electron chi connectivity index (χ2n) is 4.62. The van der Waals surface area contributed by atoms with Crippen molar-refractivity contribution in [3.8, 4) is 0 Å². The summed E-state index contributed by atoms with van der Waals surface area (Å²) in [5, 5.41) is 15.7. The van der Waals surface area contributed by atoms with E-state index < -0.39 is 5.97 Å². The van der Waals surface area contributed by atoms with E-state index in [0.29, 0.717) is 12.1 Å². The standard InChI is InChI=1S/C14H16N4O3/c1-18-9-10(8-17-18)3-2-5-16-13(19)11-4-6-15-12(7-11)14(20)21/h4,6-9H,2-3,5H2,1H3,(H,16,19)(H,20,21). The summed E-state index contributed by atoms with van der Waals surface area (Å²) in [6, 6.07) is 2.75. The minimum atomic E-state index is -1.15. The van der Waals surface area contributed by atoms with Crippen molar-refractivity contribution in [2.24, 2.45) is 7.05 Å². The average Bonchev–Trinajstić information content (AvgIpc) is 2.89. The highest BCUT2D eigenvalue weighted by Crippen LogP contribution is 2.03. The van der Waals surface area contributed by atoms with Crippen LogP contribution in [0.25, 0.3) is 0 Å². The van der Waals surface area contributed by atoms with Gasteiger partial charge in [0.1, 0.15) is 5.69 Å². The van der Waals surface area contributed by atoms with Crippen LogP contribution in [-0.4, -0.2) is 38.3 Å². The Kier molecular flexibility index (Phi) is 4.65. The first-order valence-electron chi connectivity index (χ1n) is 6.51. The first-order valence-corrected chi connectivity index (χ1v) is 6.51. The summed E-state index contributed by atoms with van der Waals surface area (Å²) in [7, 11) is 1.86. The van der Waals surface area contributed by atoms with Crippen molar-refractivity contribution in [3.63, 3.8) is 0 Å². The first kappa shape index (κ1) is 14.7. The number of carbonyl (C=O) groups is 2. The second kappa shape index (κ2) is 6.65. The van der Waals surface area contributed by atoms with Gasteiger partial charge in [-0.15, -0.1) is 0 Å². The minimum absolute atomic E-state index is 0.141. The highest BCUT2D eigenvalue weighted by molar-refractivity contribution is 5.96. The van der Waals surface area contributed by atoms with Gasteiger partial charge in [0.15, 0.2) is 0 Å². The SMILES string of the molecule is Cn1cc(CCCNC(=O)c2ccnc(C(=O)O)c2)cn1. The maximum Gasteiger partial charge on any atom is 0.354 e. The van der Waals surface area contributed by atoms with Crippen molar-refractivity contribution in [2.45, 2.75) is 12.8 Å². The Morgan fingerprint density at radius 3 is 2.90 bits per heavy atom. The summed E-state index contributed by atoms with van der Waals surface area (Å²) in [4.78, 5) is 26.4. The van der Waals surface area contributed by atoms with Gasteiger partial charge in [-0.2, -0.15) is 5.10 Å². The van der Waals surface area contributed by atoms with Crippen LogP contribution in [0.1, 0.15) is 32.8 Å². The maximum absolute atomic E-state index is 11.9. The molecule has 0 aliphatic rings. The van der Waals surface area contributed by atoms with Gasteiger partial charge >= 0.3 is 5.97 Å². The van der Waals surface area contributed by atoms with Crippen molar-refractivity contribution in [2.75, 3.05) is 6.54 Å². The normalized spacial score (nSPS) is 10.3. The van der Waals surface area contributed by atoms with E-state index >= 15 is 0 Å². The van der Waals surface area contributed by atoms with Gasteiger partial charge in [0.05, 0.1) is 6.20 Å². The number of aryl methyl sites for hydroxylation is 2. The number of hydrogen-bond acceptors (Lipinski definition) is 4. The molecule has 0 spiro atoms. The van der Waals surface area contributed by atoms with E-state index in [0.717, 1.165) is 18.4 Å². The quantitative estimate of drug-likeness (QED) is 0.769. The molecule has 0 saturated carbocycles. The lowest BCUT2D eigenvalue weighted by Crippen LogP contribution is -2.25. The number of aromatic nitrogens is 3. The molecule has 2 aromatic rings. The average molecular weight is 288 g/mol. The zero-order valence-corrected chi connectivity index (χ0v) is 11.6. The van der Waals surface area contributed by atoms with E-state index in [4.69, 9.17) is 5.11 Å². The van der Waals surface area contributed by atoms with Crippen LogP contribution in [0.4, 0.5) is 0 Å². The largest absolute Gasteiger partial charge is 0.477 e. The fourth-order valence-corrected chi connectivity index (χ4v) is 1.89. The molecule has 2 aromatic heterocycles. The Hall–Kier alpha value is -2.70. The lowest BCUT2D eigenvalue weighted by molar-refractivity contribution is 0.0690. The van der Waals surface area contributed by atoms with Gasteiger partial charge in [-0.25, -0.2) is 9.78 Å². The van der Waals surface area contributed by atoms with E-state index in [9.17, 15) is 9.59 Å². The Bertz CT molecular complexity index is 651. The van der Waals surface area contributed by atoms with Crippen molar-refractivity contribution in [3.05, 3.63) is 47.5 Å². The van der Waals surface area contributed by atoms with Gasteiger partial charge in [0.2, 0.25) is 0 Å². The number of nitrogens with zero attached hydrogens (tertiary/aromatic N) is 3. The van der Waals surface area contributed by atoms with Crippen molar-refractivity contribution < 1.29 is 14.7 Å². The van der Waals surface area contributed by atoms with E-state index in [2.05, 4.69) is 15.4 Å². The zero-order valence-electron chi connectivity index (χ0n) is 11.6. The number of carbonyl (C=O) groups excluding carboxylic acids is 1. The molecule has 1 amide bonds. The molecular formula is C14H16N4O3. The van der Waals surface area contributed by atoms with Crippen LogP contribution in [0.2, 0.25) is 0 Å². The van der Waals surface area contributed by atoms with Crippen LogP contribution in [-0.2, 0) is 13.5 Å². The molecular weight excluding hydrogens is 272 g/mol. The van der Waals surface area contributed by atoms with E-state index in [1.165, 1.54) is 18.3 Å². The predicted octanol–water partition coefficient (Wildman–Crippen LogP) is 0.876. The smallest absolute Gasteiger partial charge is 0.354 e. The molecule has 0 fully saturated rings. The number of pyridine rings is 1. The third-order valence-corrected chi connectivity index (χ3v) is 2.93. The predicted molar refractivity (Wildman–Crippen MR) is 75.1 cm³/mol. The van der Waals surface area contributed by atoms with Crippen molar-refractivity contribution >= 4 is 11.9 Å². The van der Waals surface area contributed by atoms with E-state index in [-0.39, 0.29) is 11.6 Å². The van der Waals surface area contributed by atoms with Gasteiger partial charge in [-0.05, 0) is 30.5 Å². The van der Waals surface area contributed by atoms with Gasteiger partial charge < -0.3 is 10.4 Å². The van der Waals surface area contributed by atoms with Crippen LogP contribution in [0.15, 0.2) is 30.7 Å². The van der Waals surface area contributed by atoms with Crippen LogP contribution < -0.4 is 5.32 Å². The summed E-state index contributed by atoms with van der Waals surface area (Å²) in [6.07, 6.45) is 6.65. The zero-order chi connectivity index (χ0) is 15.2. The fourth-order valence-electron chi connectivity index (χ4n) is 1.89. The van der Waals surface area contributed by atoms with Gasteiger partial charge in [-0.3, -0.25) is 9.48 Å². The van der Waals surface area contributed by atoms with Gasteiger partial charge in [0, 0.05) is 31.5 Å². The molecule has 0 aliphatic carbocycles. The molecule has 2 heterocycles. The second-order valence-corrected chi connectivity index (χ2v) is 4.62. The molecule has 21 heavy (non-hydrogen) atoms. The third-order valence-electron chi connectivity index (χ3n) is 2.93. The lowest BCUT2D eigenvalue weighted by Gasteiger charge is -2.05. The number of rotatable bonds is 6. The molecule has 0 aliphatic heterocycles. The molecule has 0 saturated heterocycles. The Morgan fingerprint density at radius 2 is 2.24 bits per heavy atom. The van der Waals surface area contributed by atoms with Crippen molar-refractivity contribution in [1.29, 1.82) is 0 Å². The van der Waals surface area contributed by atoms with Crippen LogP contribution in [0.3, 0.4) is 0 Å². The monoisotopic (exact) mass is 288 g/mol. The summed E-state index contributed by atoms with van der Waals surface area (Å²) in [6.45, 7) is 0.512. The number of hydrogen-bond donors (Lipinski definition) is 2. The number of nitrogens with one attached hydrogen (secondary N) is 1. The molecule has 0 unspecified atom stereocenters. The van der Waals surface area contributed by atoms with Crippen LogP contribution >= 0.6 is 0 Å². The molecule has 2 rings (SSSR count). The summed E-state index contributed by atoms with van der Waals surface area (Å²) in [5.41, 5.74) is 1.27. The third kappa shape index (κ3) is 4.13. The van der Waals surface area contributed by atoms with Gasteiger partial charge in [-0.1, -0.05) is 0 Å². The molecule has 0 bridgehead atoms. The molecule has 0 radical (unpaired) electrons. The molecule has 7 nitrogen and oxygen atoms in total. The molecule has 0 atom stereocenters. The Morgan fingerprint density at radius 1 is 1.43 bits per heavy atom. The summed E-state index contributed by atoms with van der Waals surface area (Å²) < 4.78 is 1.73. The summed E-state index contributed by atoms with van der Waals surface area (Å²) in [5.74, 6) is -1.45. The van der Waals surface area contributed by atoms with E-state index in [1.807, 2.05) is 13.2 Å². The summed E-state index contributed by atoms with van der Waals surface area (Å²) >= 11 is 0. The number of carboxylic acids is 1. The fraction of sp³-hybridized carbons (Fsp3) is 0.286. The Labute approximate surface area is 121 Å². The van der Waals surface area contributed by atoms with E-state index in [1.54, 1.807) is 10.9 Å². The number of aromatic carboxylic acids is 1. The van der Waals surface area contributed by atoms with Gasteiger partial charge in [0.25, 0.3) is 5.91 Å². The number of carboxylic acid groups (broad SMARTS) is 1. The molecule has 0 aromatic carbocycles. The topological polar surface area (TPSA) is 97.1 Å². The highest BCUT2D eigenvalue weighted by Gasteiger charge is 2.10. The molecule has 2 N–H and O–H groups in total. The van der Waals surface area contributed by atoms with Crippen molar-refractivity contribution in [1.82, 2.24) is 20.1 Å². The first-order chi connectivity index (χ1) is 10.1. The lowest BCUT2D eigenvalue weighted by atomic mass is 10.2. The molecule has 110 valence electrons. The van der Waals surface area contributed by atoms with Crippen LogP contribution in [0, 0.1) is 0 Å². The van der Waals surface area contributed by atoms with Crippen LogP contribution in [0.5, 0.6) is 0 Å². The Balaban J connectivity index is 1.81. The highest BCUT2D eigenvalue weighted by atomic mass is 16.4. The molecule has 7 heteroatoms.